The lowest BCUT2D eigenvalue weighted by atomic mass is 10.2. The number of rotatable bonds is 6. The molecule has 0 amide bonds. The molecule has 0 saturated heterocycles. The van der Waals surface area contributed by atoms with Gasteiger partial charge < -0.3 is 10.2 Å². The molecule has 6 nitrogen and oxygen atoms in total. The molecular weight excluding hydrogens is 252 g/mol. The van der Waals surface area contributed by atoms with Gasteiger partial charge in [0.05, 0.1) is 4.92 Å². The van der Waals surface area contributed by atoms with Gasteiger partial charge in [0.15, 0.2) is 5.82 Å². The molecule has 98 valence electrons. The van der Waals surface area contributed by atoms with E-state index in [2.05, 4.69) is 10.3 Å². The highest BCUT2D eigenvalue weighted by Crippen LogP contribution is 2.18. The van der Waals surface area contributed by atoms with Crippen LogP contribution in [0.3, 0.4) is 0 Å². The van der Waals surface area contributed by atoms with Gasteiger partial charge in [-0.3, -0.25) is 10.1 Å². The third-order valence-corrected chi connectivity index (χ3v) is 3.10. The van der Waals surface area contributed by atoms with Crippen molar-refractivity contribution in [2.75, 3.05) is 20.4 Å². The van der Waals surface area contributed by atoms with Crippen LogP contribution in [0.1, 0.15) is 5.56 Å². The number of nitrogens with one attached hydrogen (secondary N) is 1. The largest absolute Gasteiger partial charge is 0.370 e. The first kappa shape index (κ1) is 14.3. The third-order valence-electron chi connectivity index (χ3n) is 2.35. The van der Waals surface area contributed by atoms with E-state index < -0.39 is 4.92 Å². The molecule has 1 aromatic heterocycles. The highest BCUT2D eigenvalue weighted by atomic mass is 32.2. The number of aromatic nitrogens is 1. The van der Waals surface area contributed by atoms with E-state index in [1.165, 1.54) is 0 Å². The summed E-state index contributed by atoms with van der Waals surface area (Å²) in [4.78, 5) is 16.1. The zero-order chi connectivity index (χ0) is 13.5. The minimum absolute atomic E-state index is 0.455. The quantitative estimate of drug-likeness (QED) is 0.479. The molecule has 0 atom stereocenters. The van der Waals surface area contributed by atoms with Crippen molar-refractivity contribution in [2.24, 2.45) is 0 Å². The van der Waals surface area contributed by atoms with Gasteiger partial charge in [-0.15, -0.1) is 11.8 Å². The first-order valence-electron chi connectivity index (χ1n) is 5.30. The number of thioether (sulfide) groups is 1. The Labute approximate surface area is 110 Å². The minimum atomic E-state index is -0.471. The molecule has 1 rings (SSSR count). The standard InChI is InChI=1S/C11H16N4O2S/c1-12-10(8-15(16)17)14(2)7-9-5-4-6-13-11(9)18-3/h4-6,8,12H,7H2,1-3H3/b10-8+. The molecule has 1 aromatic rings. The van der Waals surface area contributed by atoms with Crippen LogP contribution in [0.15, 0.2) is 35.4 Å². The lowest BCUT2D eigenvalue weighted by Gasteiger charge is -2.21. The Kier molecular flexibility index (Phi) is 5.44. The van der Waals surface area contributed by atoms with Crippen LogP contribution in [0.25, 0.3) is 0 Å². The lowest BCUT2D eigenvalue weighted by molar-refractivity contribution is -0.404. The van der Waals surface area contributed by atoms with Gasteiger partial charge in [-0.2, -0.15) is 0 Å². The van der Waals surface area contributed by atoms with Crippen LogP contribution in [-0.2, 0) is 6.54 Å². The van der Waals surface area contributed by atoms with Crippen LogP contribution in [0, 0.1) is 10.1 Å². The average Bonchev–Trinajstić information content (AvgIpc) is 2.36. The second-order valence-electron chi connectivity index (χ2n) is 3.58. The second kappa shape index (κ2) is 6.85. The van der Waals surface area contributed by atoms with E-state index in [9.17, 15) is 10.1 Å². The fourth-order valence-electron chi connectivity index (χ4n) is 1.52. The fourth-order valence-corrected chi connectivity index (χ4v) is 2.08. The second-order valence-corrected chi connectivity index (χ2v) is 4.37. The summed E-state index contributed by atoms with van der Waals surface area (Å²) >= 11 is 1.56. The van der Waals surface area contributed by atoms with Crippen LogP contribution >= 0.6 is 11.8 Å². The summed E-state index contributed by atoms with van der Waals surface area (Å²) in [6.07, 6.45) is 4.65. The molecule has 0 bridgehead atoms. The molecule has 0 aliphatic heterocycles. The van der Waals surface area contributed by atoms with Gasteiger partial charge in [0.25, 0.3) is 6.20 Å². The molecule has 0 fully saturated rings. The van der Waals surface area contributed by atoms with E-state index >= 15 is 0 Å². The maximum Gasteiger partial charge on any atom is 0.274 e. The van der Waals surface area contributed by atoms with E-state index in [-0.39, 0.29) is 0 Å². The number of hydrogen-bond donors (Lipinski definition) is 1. The van der Waals surface area contributed by atoms with Gasteiger partial charge in [0.2, 0.25) is 0 Å². The van der Waals surface area contributed by atoms with Crippen molar-refractivity contribution < 1.29 is 4.92 Å². The first-order chi connectivity index (χ1) is 8.58. The van der Waals surface area contributed by atoms with Crippen molar-refractivity contribution >= 4 is 11.8 Å². The van der Waals surface area contributed by atoms with Crippen molar-refractivity contribution in [3.63, 3.8) is 0 Å². The topological polar surface area (TPSA) is 71.3 Å². The SMILES string of the molecule is CN/C(=C\[N+](=O)[O-])N(C)Cc1cccnc1SC. The summed E-state index contributed by atoms with van der Waals surface area (Å²) in [6, 6.07) is 3.83. The molecule has 0 unspecified atom stereocenters. The first-order valence-corrected chi connectivity index (χ1v) is 6.53. The monoisotopic (exact) mass is 268 g/mol. The van der Waals surface area contributed by atoms with Crippen molar-refractivity contribution in [3.8, 4) is 0 Å². The van der Waals surface area contributed by atoms with Gasteiger partial charge >= 0.3 is 0 Å². The number of pyridine rings is 1. The van der Waals surface area contributed by atoms with Gasteiger partial charge in [-0.05, 0) is 12.3 Å². The van der Waals surface area contributed by atoms with Gasteiger partial charge in [0, 0.05) is 32.4 Å². The van der Waals surface area contributed by atoms with Crippen LogP contribution in [0.2, 0.25) is 0 Å². The normalized spacial score (nSPS) is 11.2. The van der Waals surface area contributed by atoms with E-state index in [4.69, 9.17) is 0 Å². The summed E-state index contributed by atoms with van der Waals surface area (Å²) in [5.41, 5.74) is 1.04. The minimum Gasteiger partial charge on any atom is -0.370 e. The highest BCUT2D eigenvalue weighted by molar-refractivity contribution is 7.98. The van der Waals surface area contributed by atoms with E-state index in [0.717, 1.165) is 16.8 Å². The zero-order valence-electron chi connectivity index (χ0n) is 10.6. The molecule has 0 aliphatic carbocycles. The summed E-state index contributed by atoms with van der Waals surface area (Å²) in [7, 11) is 3.45. The molecule has 1 N–H and O–H groups in total. The van der Waals surface area contributed by atoms with Gasteiger partial charge in [0.1, 0.15) is 5.03 Å². The maximum absolute atomic E-state index is 10.5. The number of hydrogen-bond acceptors (Lipinski definition) is 6. The van der Waals surface area contributed by atoms with Crippen LogP contribution in [0.4, 0.5) is 0 Å². The molecule has 0 saturated carbocycles. The van der Waals surface area contributed by atoms with Crippen molar-refractivity contribution in [1.29, 1.82) is 0 Å². The molecule has 0 spiro atoms. The molecule has 0 aliphatic rings. The summed E-state index contributed by atoms with van der Waals surface area (Å²) < 4.78 is 0. The smallest absolute Gasteiger partial charge is 0.274 e. The fraction of sp³-hybridized carbons (Fsp3) is 0.364. The summed E-state index contributed by atoms with van der Waals surface area (Å²) in [5.74, 6) is 0.455. The molecular formula is C11H16N4O2S. The van der Waals surface area contributed by atoms with Gasteiger partial charge in [-0.25, -0.2) is 4.98 Å². The molecule has 0 aromatic carbocycles. The Hall–Kier alpha value is -1.76. The average molecular weight is 268 g/mol. The predicted molar refractivity (Wildman–Crippen MR) is 71.6 cm³/mol. The van der Waals surface area contributed by atoms with E-state index in [1.807, 2.05) is 18.4 Å². The molecule has 7 heteroatoms. The number of nitro groups is 1. The Morgan fingerprint density at radius 1 is 1.72 bits per heavy atom. The predicted octanol–water partition coefficient (Wildman–Crippen LogP) is 1.53. The third kappa shape index (κ3) is 3.92. The number of nitrogens with zero attached hydrogens (tertiary/aromatic N) is 3. The summed E-state index contributed by atoms with van der Waals surface area (Å²) in [5, 5.41) is 14.2. The Morgan fingerprint density at radius 2 is 2.44 bits per heavy atom. The van der Waals surface area contributed by atoms with Crippen molar-refractivity contribution in [2.45, 2.75) is 11.6 Å². The molecule has 0 radical (unpaired) electrons. The Balaban J connectivity index is 2.86. The van der Waals surface area contributed by atoms with E-state index in [0.29, 0.717) is 12.4 Å². The van der Waals surface area contributed by atoms with Crippen molar-refractivity contribution in [1.82, 2.24) is 15.2 Å². The molecule has 18 heavy (non-hydrogen) atoms. The Bertz CT molecular complexity index is 450. The summed E-state index contributed by atoms with van der Waals surface area (Å²) in [6.45, 7) is 0.560. The van der Waals surface area contributed by atoms with Crippen LogP contribution in [0.5, 0.6) is 0 Å². The maximum atomic E-state index is 10.5. The Morgan fingerprint density at radius 3 is 3.00 bits per heavy atom. The van der Waals surface area contributed by atoms with Crippen LogP contribution in [-0.4, -0.2) is 35.2 Å². The highest BCUT2D eigenvalue weighted by Gasteiger charge is 2.10. The lowest BCUT2D eigenvalue weighted by Crippen LogP contribution is -2.27. The van der Waals surface area contributed by atoms with Gasteiger partial charge in [-0.1, -0.05) is 6.07 Å². The van der Waals surface area contributed by atoms with Crippen LogP contribution < -0.4 is 5.32 Å². The van der Waals surface area contributed by atoms with E-state index in [1.54, 1.807) is 37.0 Å². The zero-order valence-corrected chi connectivity index (χ0v) is 11.4. The molecule has 1 heterocycles. The van der Waals surface area contributed by atoms with Crippen molar-refractivity contribution in [3.05, 3.63) is 46.0 Å².